The summed E-state index contributed by atoms with van der Waals surface area (Å²) in [5.74, 6) is 0.148. The van der Waals surface area contributed by atoms with Crippen LogP contribution in [0, 0.1) is 5.41 Å². The number of piperazine rings is 1. The summed E-state index contributed by atoms with van der Waals surface area (Å²) in [4.78, 5) is 30.6. The highest BCUT2D eigenvalue weighted by atomic mass is 16.2. The molecule has 1 saturated heterocycles. The molecule has 0 spiro atoms. The largest absolute Gasteiger partial charge is 0.339 e. The van der Waals surface area contributed by atoms with Crippen LogP contribution in [0.1, 0.15) is 40.5 Å². The zero-order valence-electron chi connectivity index (χ0n) is 14.6. The molecule has 0 unspecified atom stereocenters. The summed E-state index contributed by atoms with van der Waals surface area (Å²) in [5, 5.41) is 0. The van der Waals surface area contributed by atoms with E-state index in [0.717, 1.165) is 25.9 Å². The molecule has 0 atom stereocenters. The highest BCUT2D eigenvalue weighted by molar-refractivity contribution is 5.83. The lowest BCUT2D eigenvalue weighted by Crippen LogP contribution is -2.57. The first-order chi connectivity index (χ1) is 10.5. The molecule has 3 amide bonds. The molecule has 6 heteroatoms. The van der Waals surface area contributed by atoms with Gasteiger partial charge in [0.05, 0.1) is 5.41 Å². The molecule has 1 aliphatic rings. The number of hydrogen-bond acceptors (Lipinski definition) is 3. The fourth-order valence-corrected chi connectivity index (χ4v) is 3.06. The second-order valence-corrected chi connectivity index (χ2v) is 5.93. The van der Waals surface area contributed by atoms with Gasteiger partial charge in [-0.05, 0) is 26.7 Å². The van der Waals surface area contributed by atoms with Crippen LogP contribution in [0.15, 0.2) is 0 Å². The Morgan fingerprint density at radius 2 is 1.41 bits per heavy atom. The third-order valence-corrected chi connectivity index (χ3v) is 5.07. The van der Waals surface area contributed by atoms with Gasteiger partial charge < -0.3 is 20.4 Å². The predicted molar refractivity (Wildman–Crippen MR) is 88.5 cm³/mol. The molecule has 22 heavy (non-hydrogen) atoms. The van der Waals surface area contributed by atoms with Crippen molar-refractivity contribution in [1.29, 1.82) is 0 Å². The van der Waals surface area contributed by atoms with Crippen LogP contribution in [0.3, 0.4) is 0 Å². The van der Waals surface area contributed by atoms with Gasteiger partial charge in [-0.25, -0.2) is 4.79 Å². The summed E-state index contributed by atoms with van der Waals surface area (Å²) in [6.45, 7) is 12.3. The highest BCUT2D eigenvalue weighted by Gasteiger charge is 2.38. The van der Waals surface area contributed by atoms with Crippen molar-refractivity contribution >= 4 is 11.9 Å². The first-order valence-corrected chi connectivity index (χ1v) is 8.52. The molecule has 0 aliphatic carbocycles. The van der Waals surface area contributed by atoms with Crippen molar-refractivity contribution in [3.63, 3.8) is 0 Å². The van der Waals surface area contributed by atoms with E-state index in [1.807, 2.05) is 42.4 Å². The molecular formula is C16H32N4O2. The van der Waals surface area contributed by atoms with Crippen molar-refractivity contribution in [2.45, 2.75) is 40.5 Å². The Bertz CT molecular complexity index is 362. The van der Waals surface area contributed by atoms with Crippen LogP contribution in [0.4, 0.5) is 4.79 Å². The van der Waals surface area contributed by atoms with Crippen LogP contribution >= 0.6 is 0 Å². The molecule has 2 N–H and O–H groups in total. The first-order valence-electron chi connectivity index (χ1n) is 8.52. The van der Waals surface area contributed by atoms with Crippen molar-refractivity contribution in [3.05, 3.63) is 0 Å². The summed E-state index contributed by atoms with van der Waals surface area (Å²) in [6, 6.07) is 0.0770. The molecule has 1 fully saturated rings. The van der Waals surface area contributed by atoms with E-state index in [-0.39, 0.29) is 11.9 Å². The van der Waals surface area contributed by atoms with Crippen molar-refractivity contribution in [3.8, 4) is 0 Å². The molecule has 0 bridgehead atoms. The van der Waals surface area contributed by atoms with Gasteiger partial charge in [-0.2, -0.15) is 0 Å². The summed E-state index contributed by atoms with van der Waals surface area (Å²) in [7, 11) is 0. The van der Waals surface area contributed by atoms with Crippen LogP contribution in [-0.2, 0) is 4.79 Å². The normalized spacial score (nSPS) is 15.9. The lowest BCUT2D eigenvalue weighted by molar-refractivity contribution is -0.143. The number of amides is 3. The third kappa shape index (κ3) is 3.72. The minimum Gasteiger partial charge on any atom is -0.339 e. The van der Waals surface area contributed by atoms with Crippen LogP contribution in [0.25, 0.3) is 0 Å². The SMILES string of the molecule is CCN(CC)C(=O)N1CCN(C(=O)C(CC)(CC)CN)CC1. The third-order valence-electron chi connectivity index (χ3n) is 5.07. The molecule has 0 aromatic rings. The Hall–Kier alpha value is -1.30. The Labute approximate surface area is 134 Å². The molecule has 0 radical (unpaired) electrons. The number of nitrogens with zero attached hydrogens (tertiary/aromatic N) is 3. The van der Waals surface area contributed by atoms with Crippen LogP contribution < -0.4 is 5.73 Å². The van der Waals surface area contributed by atoms with Gasteiger partial charge in [0.1, 0.15) is 0 Å². The number of carbonyl (C=O) groups is 2. The van der Waals surface area contributed by atoms with Crippen molar-refractivity contribution in [2.75, 3.05) is 45.8 Å². The first kappa shape index (κ1) is 18.7. The van der Waals surface area contributed by atoms with Crippen LogP contribution in [0.2, 0.25) is 0 Å². The smallest absolute Gasteiger partial charge is 0.320 e. The standard InChI is InChI=1S/C16H32N4O2/c1-5-16(6-2,13-17)14(21)19-9-11-20(12-10-19)15(22)18(7-3)8-4/h5-13,17H2,1-4H3. The summed E-state index contributed by atoms with van der Waals surface area (Å²) < 4.78 is 0. The predicted octanol–water partition coefficient (Wildman–Crippen LogP) is 1.36. The lowest BCUT2D eigenvalue weighted by atomic mass is 9.81. The van der Waals surface area contributed by atoms with Gasteiger partial charge >= 0.3 is 6.03 Å². The van der Waals surface area contributed by atoms with Crippen molar-refractivity contribution < 1.29 is 9.59 Å². The summed E-state index contributed by atoms with van der Waals surface area (Å²) in [5.41, 5.74) is 5.43. The number of hydrogen-bond donors (Lipinski definition) is 1. The number of carbonyl (C=O) groups excluding carboxylic acids is 2. The molecule has 6 nitrogen and oxygen atoms in total. The quantitative estimate of drug-likeness (QED) is 0.805. The van der Waals surface area contributed by atoms with E-state index in [1.165, 1.54) is 0 Å². The minimum atomic E-state index is -0.439. The lowest BCUT2D eigenvalue weighted by Gasteiger charge is -2.41. The second-order valence-electron chi connectivity index (χ2n) is 5.93. The molecule has 1 rings (SSSR count). The Kier molecular flexibility index (Phi) is 7.13. The van der Waals surface area contributed by atoms with Crippen LogP contribution in [-0.4, -0.2) is 72.5 Å². The van der Waals surface area contributed by atoms with E-state index in [1.54, 1.807) is 0 Å². The zero-order valence-corrected chi connectivity index (χ0v) is 14.6. The summed E-state index contributed by atoms with van der Waals surface area (Å²) in [6.07, 6.45) is 1.52. The van der Waals surface area contributed by atoms with E-state index in [4.69, 9.17) is 5.73 Å². The Morgan fingerprint density at radius 3 is 1.77 bits per heavy atom. The molecule has 0 aromatic heterocycles. The topological polar surface area (TPSA) is 69.9 Å². The van der Waals surface area contributed by atoms with Gasteiger partial charge in [0.2, 0.25) is 5.91 Å². The molecule has 128 valence electrons. The Morgan fingerprint density at radius 1 is 0.955 bits per heavy atom. The van der Waals surface area contributed by atoms with E-state index >= 15 is 0 Å². The van der Waals surface area contributed by atoms with Gasteiger partial charge in [-0.1, -0.05) is 13.8 Å². The average Bonchev–Trinajstić information content (AvgIpc) is 2.58. The van der Waals surface area contributed by atoms with Gasteiger partial charge in [0, 0.05) is 45.8 Å². The van der Waals surface area contributed by atoms with Gasteiger partial charge in [-0.15, -0.1) is 0 Å². The maximum atomic E-state index is 12.8. The van der Waals surface area contributed by atoms with E-state index in [9.17, 15) is 9.59 Å². The van der Waals surface area contributed by atoms with Crippen molar-refractivity contribution in [2.24, 2.45) is 11.1 Å². The van der Waals surface area contributed by atoms with Gasteiger partial charge in [0.15, 0.2) is 0 Å². The minimum absolute atomic E-state index is 0.0770. The number of urea groups is 1. The van der Waals surface area contributed by atoms with E-state index in [0.29, 0.717) is 32.7 Å². The fourth-order valence-electron chi connectivity index (χ4n) is 3.06. The van der Waals surface area contributed by atoms with Crippen molar-refractivity contribution in [1.82, 2.24) is 14.7 Å². The molecule has 1 aliphatic heterocycles. The average molecular weight is 312 g/mol. The van der Waals surface area contributed by atoms with Gasteiger partial charge in [-0.3, -0.25) is 4.79 Å². The second kappa shape index (κ2) is 8.36. The Balaban J connectivity index is 2.65. The maximum Gasteiger partial charge on any atom is 0.320 e. The number of rotatable bonds is 6. The molecule has 1 heterocycles. The van der Waals surface area contributed by atoms with Crippen LogP contribution in [0.5, 0.6) is 0 Å². The number of nitrogens with two attached hydrogens (primary N) is 1. The molecular weight excluding hydrogens is 280 g/mol. The maximum absolute atomic E-state index is 12.8. The fraction of sp³-hybridized carbons (Fsp3) is 0.875. The van der Waals surface area contributed by atoms with Gasteiger partial charge in [0.25, 0.3) is 0 Å². The zero-order chi connectivity index (χ0) is 16.8. The molecule has 0 aromatic carbocycles. The molecule has 0 saturated carbocycles. The van der Waals surface area contributed by atoms with E-state index in [2.05, 4.69) is 0 Å². The van der Waals surface area contributed by atoms with E-state index < -0.39 is 5.41 Å². The monoisotopic (exact) mass is 312 g/mol. The highest BCUT2D eigenvalue weighted by Crippen LogP contribution is 2.28. The summed E-state index contributed by atoms with van der Waals surface area (Å²) >= 11 is 0.